The summed E-state index contributed by atoms with van der Waals surface area (Å²) in [6.45, 7) is 5.21. The second-order valence-electron chi connectivity index (χ2n) is 6.83. The summed E-state index contributed by atoms with van der Waals surface area (Å²) in [4.78, 5) is 28.2. The Hall–Kier alpha value is -2.17. The van der Waals surface area contributed by atoms with Crippen molar-refractivity contribution >= 4 is 17.9 Å². The maximum atomic E-state index is 13.5. The average Bonchev–Trinajstić information content (AvgIpc) is 2.62. The monoisotopic (exact) mass is 346 g/mol. The SMILES string of the molecule is CC(C)N(C)C(=O)C1CCN(C(=O)CC=Cc2ccccc2F)CC1. The predicted octanol–water partition coefficient (Wildman–Crippen LogP) is 3.33. The van der Waals surface area contributed by atoms with Crippen LogP contribution < -0.4 is 0 Å². The van der Waals surface area contributed by atoms with Gasteiger partial charge < -0.3 is 9.80 Å². The Morgan fingerprint density at radius 3 is 2.52 bits per heavy atom. The van der Waals surface area contributed by atoms with Crippen molar-refractivity contribution in [3.8, 4) is 0 Å². The van der Waals surface area contributed by atoms with Gasteiger partial charge in [0.15, 0.2) is 0 Å². The Labute approximate surface area is 149 Å². The van der Waals surface area contributed by atoms with E-state index in [1.165, 1.54) is 6.07 Å². The van der Waals surface area contributed by atoms with E-state index in [4.69, 9.17) is 0 Å². The molecule has 0 spiro atoms. The lowest BCUT2D eigenvalue weighted by molar-refractivity contribution is -0.140. The molecule has 1 aromatic rings. The number of halogens is 1. The van der Waals surface area contributed by atoms with Crippen molar-refractivity contribution in [3.63, 3.8) is 0 Å². The van der Waals surface area contributed by atoms with Gasteiger partial charge in [-0.1, -0.05) is 30.4 Å². The van der Waals surface area contributed by atoms with E-state index in [1.807, 2.05) is 20.9 Å². The van der Waals surface area contributed by atoms with E-state index in [9.17, 15) is 14.0 Å². The third-order valence-electron chi connectivity index (χ3n) is 4.81. The van der Waals surface area contributed by atoms with E-state index >= 15 is 0 Å². The molecule has 1 aromatic carbocycles. The van der Waals surface area contributed by atoms with Gasteiger partial charge in [-0.25, -0.2) is 4.39 Å². The van der Waals surface area contributed by atoms with E-state index in [2.05, 4.69) is 0 Å². The molecule has 1 fully saturated rings. The van der Waals surface area contributed by atoms with E-state index in [-0.39, 0.29) is 36.0 Å². The molecule has 4 nitrogen and oxygen atoms in total. The molecule has 0 radical (unpaired) electrons. The van der Waals surface area contributed by atoms with Crippen molar-refractivity contribution in [2.75, 3.05) is 20.1 Å². The highest BCUT2D eigenvalue weighted by molar-refractivity contribution is 5.81. The Morgan fingerprint density at radius 2 is 1.92 bits per heavy atom. The van der Waals surface area contributed by atoms with Gasteiger partial charge in [0.2, 0.25) is 11.8 Å². The van der Waals surface area contributed by atoms with Gasteiger partial charge in [0.25, 0.3) is 0 Å². The number of carbonyl (C=O) groups is 2. The lowest BCUT2D eigenvalue weighted by Crippen LogP contribution is -2.44. The summed E-state index contributed by atoms with van der Waals surface area (Å²) in [6, 6.07) is 6.67. The van der Waals surface area contributed by atoms with Crippen LogP contribution in [0.25, 0.3) is 6.08 Å². The molecular weight excluding hydrogens is 319 g/mol. The molecular formula is C20H27FN2O2. The van der Waals surface area contributed by atoms with Gasteiger partial charge in [-0.15, -0.1) is 0 Å². The minimum absolute atomic E-state index is 0.00501. The van der Waals surface area contributed by atoms with Crippen molar-refractivity contribution in [3.05, 3.63) is 41.7 Å². The molecule has 2 amide bonds. The standard InChI is InChI=1S/C20H27FN2O2/c1-15(2)22(3)20(25)17-11-13-23(14-12-17)19(24)10-6-8-16-7-4-5-9-18(16)21/h4-9,15,17H,10-14H2,1-3H3. The first-order chi connectivity index (χ1) is 11.9. The third-order valence-corrected chi connectivity index (χ3v) is 4.81. The Bertz CT molecular complexity index is 634. The van der Waals surface area contributed by atoms with Crippen LogP contribution in [0.3, 0.4) is 0 Å². The van der Waals surface area contributed by atoms with Gasteiger partial charge >= 0.3 is 0 Å². The summed E-state index contributed by atoms with van der Waals surface area (Å²) < 4.78 is 13.5. The molecule has 0 unspecified atom stereocenters. The Kier molecular flexibility index (Phi) is 6.73. The fraction of sp³-hybridized carbons (Fsp3) is 0.500. The van der Waals surface area contributed by atoms with Gasteiger partial charge in [0.05, 0.1) is 0 Å². The molecule has 0 saturated carbocycles. The van der Waals surface area contributed by atoms with Crippen LogP contribution in [0, 0.1) is 11.7 Å². The first-order valence-corrected chi connectivity index (χ1v) is 8.85. The van der Waals surface area contributed by atoms with Crippen molar-refractivity contribution in [1.82, 2.24) is 9.80 Å². The van der Waals surface area contributed by atoms with E-state index in [1.54, 1.807) is 40.2 Å². The highest BCUT2D eigenvalue weighted by Gasteiger charge is 2.29. The topological polar surface area (TPSA) is 40.6 Å². The molecule has 2 rings (SSSR count). The van der Waals surface area contributed by atoms with Gasteiger partial charge in [-0.3, -0.25) is 9.59 Å². The fourth-order valence-electron chi connectivity index (χ4n) is 2.94. The molecule has 1 aliphatic heterocycles. The van der Waals surface area contributed by atoms with Gasteiger partial charge in [-0.2, -0.15) is 0 Å². The number of hydrogen-bond donors (Lipinski definition) is 0. The number of hydrogen-bond acceptors (Lipinski definition) is 2. The summed E-state index contributed by atoms with van der Waals surface area (Å²) in [6.07, 6.45) is 5.00. The van der Waals surface area contributed by atoms with Crippen LogP contribution in [0.2, 0.25) is 0 Å². The molecule has 0 aliphatic carbocycles. The first-order valence-electron chi connectivity index (χ1n) is 8.85. The summed E-state index contributed by atoms with van der Waals surface area (Å²) >= 11 is 0. The summed E-state index contributed by atoms with van der Waals surface area (Å²) in [7, 11) is 1.83. The maximum Gasteiger partial charge on any atom is 0.226 e. The molecule has 136 valence electrons. The van der Waals surface area contributed by atoms with Crippen LogP contribution in [0.15, 0.2) is 30.3 Å². The molecule has 0 aromatic heterocycles. The predicted molar refractivity (Wildman–Crippen MR) is 97.3 cm³/mol. The van der Waals surface area contributed by atoms with E-state index in [0.29, 0.717) is 31.5 Å². The quantitative estimate of drug-likeness (QED) is 0.820. The lowest BCUT2D eigenvalue weighted by atomic mass is 9.94. The molecule has 0 N–H and O–H groups in total. The number of likely N-dealkylation sites (tertiary alicyclic amines) is 1. The van der Waals surface area contributed by atoms with Crippen LogP contribution in [-0.2, 0) is 9.59 Å². The maximum absolute atomic E-state index is 13.5. The van der Waals surface area contributed by atoms with Gasteiger partial charge in [0.1, 0.15) is 5.82 Å². The van der Waals surface area contributed by atoms with Crippen LogP contribution >= 0.6 is 0 Å². The summed E-state index contributed by atoms with van der Waals surface area (Å²) in [5.41, 5.74) is 0.483. The highest BCUT2D eigenvalue weighted by Crippen LogP contribution is 2.21. The van der Waals surface area contributed by atoms with Gasteiger partial charge in [0, 0.05) is 44.1 Å². The lowest BCUT2D eigenvalue weighted by Gasteiger charge is -2.34. The minimum atomic E-state index is -0.292. The number of benzene rings is 1. The zero-order valence-corrected chi connectivity index (χ0v) is 15.2. The second-order valence-corrected chi connectivity index (χ2v) is 6.83. The smallest absolute Gasteiger partial charge is 0.226 e. The van der Waals surface area contributed by atoms with Crippen LogP contribution in [0.5, 0.6) is 0 Å². The zero-order chi connectivity index (χ0) is 18.4. The number of piperidine rings is 1. The number of rotatable bonds is 5. The second kappa shape index (κ2) is 8.79. The van der Waals surface area contributed by atoms with E-state index < -0.39 is 0 Å². The molecule has 1 saturated heterocycles. The number of nitrogens with zero attached hydrogens (tertiary/aromatic N) is 2. The van der Waals surface area contributed by atoms with Gasteiger partial charge in [-0.05, 0) is 32.8 Å². The molecule has 0 atom stereocenters. The summed E-state index contributed by atoms with van der Waals surface area (Å²) in [5.74, 6) is -0.0949. The molecule has 25 heavy (non-hydrogen) atoms. The Morgan fingerprint density at radius 1 is 1.28 bits per heavy atom. The first kappa shape index (κ1) is 19.2. The number of amides is 2. The average molecular weight is 346 g/mol. The fourth-order valence-corrected chi connectivity index (χ4v) is 2.94. The molecule has 5 heteroatoms. The Balaban J connectivity index is 1.81. The summed E-state index contributed by atoms with van der Waals surface area (Å²) in [5, 5.41) is 0. The van der Waals surface area contributed by atoms with Crippen molar-refractivity contribution < 1.29 is 14.0 Å². The highest BCUT2D eigenvalue weighted by atomic mass is 19.1. The zero-order valence-electron chi connectivity index (χ0n) is 15.2. The third kappa shape index (κ3) is 5.15. The molecule has 0 bridgehead atoms. The largest absolute Gasteiger partial charge is 0.343 e. The minimum Gasteiger partial charge on any atom is -0.343 e. The van der Waals surface area contributed by atoms with Crippen LogP contribution in [0.4, 0.5) is 4.39 Å². The van der Waals surface area contributed by atoms with Crippen molar-refractivity contribution in [1.29, 1.82) is 0 Å². The molecule has 1 aliphatic rings. The molecule has 1 heterocycles. The van der Waals surface area contributed by atoms with Crippen LogP contribution in [0.1, 0.15) is 38.7 Å². The number of carbonyl (C=O) groups excluding carboxylic acids is 2. The normalized spacial score (nSPS) is 15.8. The van der Waals surface area contributed by atoms with E-state index in [0.717, 1.165) is 0 Å². The van der Waals surface area contributed by atoms with Crippen molar-refractivity contribution in [2.24, 2.45) is 5.92 Å². The van der Waals surface area contributed by atoms with Crippen molar-refractivity contribution in [2.45, 2.75) is 39.2 Å². The van der Waals surface area contributed by atoms with Crippen LogP contribution in [-0.4, -0.2) is 47.8 Å².